The van der Waals surface area contributed by atoms with Gasteiger partial charge in [0.05, 0.1) is 11.4 Å². The maximum absolute atomic E-state index is 11.9. The summed E-state index contributed by atoms with van der Waals surface area (Å²) in [5.74, 6) is -0.886. The first-order chi connectivity index (χ1) is 12.1. The summed E-state index contributed by atoms with van der Waals surface area (Å²) in [4.78, 5) is 18.0. The molecule has 3 rings (SSSR count). The SMILES string of the molecule is Cc1cccnc1CN(C)[C@H](C(=O)O)c1ccc(-n2cccn2)cc1. The highest BCUT2D eigenvalue weighted by Gasteiger charge is 2.25. The quantitative estimate of drug-likeness (QED) is 0.749. The van der Waals surface area contributed by atoms with Gasteiger partial charge in [0, 0.05) is 25.1 Å². The fraction of sp³-hybridized carbons (Fsp3) is 0.211. The molecule has 1 aromatic carbocycles. The van der Waals surface area contributed by atoms with Crippen LogP contribution in [0.5, 0.6) is 0 Å². The maximum Gasteiger partial charge on any atom is 0.325 e. The van der Waals surface area contributed by atoms with Gasteiger partial charge in [0.2, 0.25) is 0 Å². The fourth-order valence-electron chi connectivity index (χ4n) is 2.83. The van der Waals surface area contributed by atoms with Crippen molar-refractivity contribution in [3.63, 3.8) is 0 Å². The van der Waals surface area contributed by atoms with E-state index >= 15 is 0 Å². The molecule has 1 N–H and O–H groups in total. The van der Waals surface area contributed by atoms with Gasteiger partial charge in [-0.2, -0.15) is 5.10 Å². The van der Waals surface area contributed by atoms with Gasteiger partial charge in [0.25, 0.3) is 0 Å². The van der Waals surface area contributed by atoms with Crippen molar-refractivity contribution >= 4 is 5.97 Å². The predicted octanol–water partition coefficient (Wildman–Crippen LogP) is 2.83. The largest absolute Gasteiger partial charge is 0.480 e. The zero-order valence-electron chi connectivity index (χ0n) is 14.2. The molecule has 0 spiro atoms. The van der Waals surface area contributed by atoms with Crippen molar-refractivity contribution in [2.24, 2.45) is 0 Å². The van der Waals surface area contributed by atoms with Gasteiger partial charge in [-0.15, -0.1) is 0 Å². The van der Waals surface area contributed by atoms with E-state index < -0.39 is 12.0 Å². The van der Waals surface area contributed by atoms with Crippen LogP contribution in [0.3, 0.4) is 0 Å². The van der Waals surface area contributed by atoms with E-state index in [0.29, 0.717) is 6.54 Å². The molecule has 0 saturated carbocycles. The Morgan fingerprint density at radius 2 is 1.96 bits per heavy atom. The topological polar surface area (TPSA) is 71.2 Å². The van der Waals surface area contributed by atoms with Crippen LogP contribution < -0.4 is 0 Å². The van der Waals surface area contributed by atoms with Crippen molar-refractivity contribution in [3.05, 3.63) is 77.9 Å². The van der Waals surface area contributed by atoms with Crippen molar-refractivity contribution in [2.75, 3.05) is 7.05 Å². The fourth-order valence-corrected chi connectivity index (χ4v) is 2.83. The molecule has 6 heteroatoms. The third-order valence-corrected chi connectivity index (χ3v) is 4.17. The van der Waals surface area contributed by atoms with Crippen molar-refractivity contribution in [1.82, 2.24) is 19.7 Å². The average molecular weight is 336 g/mol. The number of nitrogens with zero attached hydrogens (tertiary/aromatic N) is 4. The minimum atomic E-state index is -0.886. The summed E-state index contributed by atoms with van der Waals surface area (Å²) in [6.07, 6.45) is 5.28. The van der Waals surface area contributed by atoms with Crippen molar-refractivity contribution < 1.29 is 9.90 Å². The van der Waals surface area contributed by atoms with Crippen LogP contribution in [0.4, 0.5) is 0 Å². The Labute approximate surface area is 146 Å². The first-order valence-corrected chi connectivity index (χ1v) is 8.00. The molecule has 3 aromatic rings. The second kappa shape index (κ2) is 7.27. The molecule has 128 valence electrons. The summed E-state index contributed by atoms with van der Waals surface area (Å²) < 4.78 is 1.74. The number of pyridine rings is 1. The van der Waals surface area contributed by atoms with Gasteiger partial charge in [-0.25, -0.2) is 4.68 Å². The lowest BCUT2D eigenvalue weighted by molar-refractivity contribution is -0.143. The van der Waals surface area contributed by atoms with E-state index in [-0.39, 0.29) is 0 Å². The van der Waals surface area contributed by atoms with Crippen LogP contribution in [0.2, 0.25) is 0 Å². The summed E-state index contributed by atoms with van der Waals surface area (Å²) in [6, 6.07) is 12.4. The standard InChI is InChI=1S/C19H20N4O2/c1-14-5-3-10-20-17(14)13-22(2)18(19(24)25)15-6-8-16(9-7-15)23-12-4-11-21-23/h3-12,18H,13H2,1-2H3,(H,24,25)/t18-/m0/s1. The van der Waals surface area contributed by atoms with E-state index in [9.17, 15) is 9.90 Å². The van der Waals surface area contributed by atoms with E-state index in [0.717, 1.165) is 22.5 Å². The number of aromatic nitrogens is 3. The first-order valence-electron chi connectivity index (χ1n) is 8.00. The Bertz CT molecular complexity index is 844. The number of benzene rings is 1. The van der Waals surface area contributed by atoms with Gasteiger partial charge in [-0.3, -0.25) is 14.7 Å². The lowest BCUT2D eigenvalue weighted by Crippen LogP contribution is -2.31. The minimum absolute atomic E-state index is 0.463. The highest BCUT2D eigenvalue weighted by atomic mass is 16.4. The molecule has 0 radical (unpaired) electrons. The Hall–Kier alpha value is -2.99. The third kappa shape index (κ3) is 3.75. The maximum atomic E-state index is 11.9. The molecular formula is C19H20N4O2. The van der Waals surface area contributed by atoms with Crippen LogP contribution in [0, 0.1) is 6.92 Å². The highest BCUT2D eigenvalue weighted by molar-refractivity contribution is 5.75. The van der Waals surface area contributed by atoms with Crippen molar-refractivity contribution in [1.29, 1.82) is 0 Å². The number of carbonyl (C=O) groups is 1. The van der Waals surface area contributed by atoms with E-state index in [4.69, 9.17) is 0 Å². The van der Waals surface area contributed by atoms with E-state index in [1.165, 1.54) is 0 Å². The molecule has 0 fully saturated rings. The second-order valence-corrected chi connectivity index (χ2v) is 5.97. The second-order valence-electron chi connectivity index (χ2n) is 5.97. The third-order valence-electron chi connectivity index (χ3n) is 4.17. The smallest absolute Gasteiger partial charge is 0.325 e. The molecule has 0 bridgehead atoms. The number of aliphatic carboxylic acids is 1. The van der Waals surface area contributed by atoms with Gasteiger partial charge in [0.1, 0.15) is 6.04 Å². The Balaban J connectivity index is 1.83. The number of carboxylic acids is 1. The van der Waals surface area contributed by atoms with Gasteiger partial charge < -0.3 is 5.11 Å². The van der Waals surface area contributed by atoms with Gasteiger partial charge in [-0.1, -0.05) is 18.2 Å². The number of hydrogen-bond acceptors (Lipinski definition) is 4. The molecule has 2 aromatic heterocycles. The molecule has 0 aliphatic carbocycles. The Kier molecular flexibility index (Phi) is 4.90. The molecule has 2 heterocycles. The summed E-state index contributed by atoms with van der Waals surface area (Å²) in [5.41, 5.74) is 3.54. The Morgan fingerprint density at radius 3 is 2.56 bits per heavy atom. The van der Waals surface area contributed by atoms with E-state index in [1.54, 1.807) is 29.0 Å². The van der Waals surface area contributed by atoms with Crippen LogP contribution >= 0.6 is 0 Å². The summed E-state index contributed by atoms with van der Waals surface area (Å²) >= 11 is 0. The van der Waals surface area contributed by atoms with E-state index in [1.807, 2.05) is 55.6 Å². The van der Waals surface area contributed by atoms with Crippen LogP contribution in [0.25, 0.3) is 5.69 Å². The number of rotatable bonds is 6. The number of aryl methyl sites for hydroxylation is 1. The van der Waals surface area contributed by atoms with Gasteiger partial charge >= 0.3 is 5.97 Å². The van der Waals surface area contributed by atoms with Crippen LogP contribution in [-0.2, 0) is 11.3 Å². The molecular weight excluding hydrogens is 316 g/mol. The molecule has 25 heavy (non-hydrogen) atoms. The highest BCUT2D eigenvalue weighted by Crippen LogP contribution is 2.23. The zero-order valence-corrected chi connectivity index (χ0v) is 14.2. The van der Waals surface area contributed by atoms with Crippen molar-refractivity contribution in [3.8, 4) is 5.69 Å². The first kappa shape index (κ1) is 16.9. The van der Waals surface area contributed by atoms with Crippen LogP contribution in [0.1, 0.15) is 22.9 Å². The number of hydrogen-bond donors (Lipinski definition) is 1. The monoisotopic (exact) mass is 336 g/mol. The summed E-state index contributed by atoms with van der Waals surface area (Å²) in [7, 11) is 1.80. The van der Waals surface area contributed by atoms with Crippen molar-refractivity contribution in [2.45, 2.75) is 19.5 Å². The number of carboxylic acid groups (broad SMARTS) is 1. The van der Waals surface area contributed by atoms with Gasteiger partial charge in [0.15, 0.2) is 0 Å². The molecule has 1 atom stereocenters. The molecule has 0 aliphatic rings. The lowest BCUT2D eigenvalue weighted by atomic mass is 10.0. The normalized spacial score (nSPS) is 12.3. The molecule has 0 aliphatic heterocycles. The Morgan fingerprint density at radius 1 is 1.20 bits per heavy atom. The van der Waals surface area contributed by atoms with Gasteiger partial charge in [-0.05, 0) is 49.4 Å². The average Bonchev–Trinajstić information content (AvgIpc) is 3.12. The summed E-state index contributed by atoms with van der Waals surface area (Å²) in [5, 5.41) is 13.9. The molecule has 0 unspecified atom stereocenters. The molecule has 0 saturated heterocycles. The zero-order chi connectivity index (χ0) is 17.8. The van der Waals surface area contributed by atoms with Crippen LogP contribution in [-0.4, -0.2) is 37.8 Å². The van der Waals surface area contributed by atoms with E-state index in [2.05, 4.69) is 10.1 Å². The summed E-state index contributed by atoms with van der Waals surface area (Å²) in [6.45, 7) is 2.44. The molecule has 0 amide bonds. The molecule has 6 nitrogen and oxygen atoms in total. The lowest BCUT2D eigenvalue weighted by Gasteiger charge is -2.25. The predicted molar refractivity (Wildman–Crippen MR) is 94.4 cm³/mol. The van der Waals surface area contributed by atoms with Crippen LogP contribution in [0.15, 0.2) is 61.1 Å². The number of likely N-dealkylation sites (N-methyl/N-ethyl adjacent to an activating group) is 1. The minimum Gasteiger partial charge on any atom is -0.480 e.